The zero-order chi connectivity index (χ0) is 19.6. The van der Waals surface area contributed by atoms with Gasteiger partial charge in [0.2, 0.25) is 0 Å². The van der Waals surface area contributed by atoms with Gasteiger partial charge >= 0.3 is 0 Å². The average Bonchev–Trinajstić information content (AvgIpc) is 3.21. The highest BCUT2D eigenvalue weighted by molar-refractivity contribution is 7.91. The second-order valence-electron chi connectivity index (χ2n) is 6.21. The molecule has 27 heavy (non-hydrogen) atoms. The van der Waals surface area contributed by atoms with Crippen LogP contribution in [0.2, 0.25) is 0 Å². The fourth-order valence-electron chi connectivity index (χ4n) is 2.71. The first kappa shape index (κ1) is 19.9. The van der Waals surface area contributed by atoms with Gasteiger partial charge in [-0.05, 0) is 31.5 Å². The predicted molar refractivity (Wildman–Crippen MR) is 109 cm³/mol. The Kier molecular flexibility index (Phi) is 5.88. The first-order valence-corrected chi connectivity index (χ1v) is 11.9. The van der Waals surface area contributed by atoms with Gasteiger partial charge in [-0.25, -0.2) is 18.4 Å². The summed E-state index contributed by atoms with van der Waals surface area (Å²) >= 11 is 3.08. The summed E-state index contributed by atoms with van der Waals surface area (Å²) in [4.78, 5) is 22.7. The summed E-state index contributed by atoms with van der Waals surface area (Å²) in [6.45, 7) is 5.55. The fourth-order valence-corrected chi connectivity index (χ4v) is 5.36. The van der Waals surface area contributed by atoms with Gasteiger partial charge in [0.15, 0.2) is 9.84 Å². The number of nitrogens with zero attached hydrogens (tertiary/aromatic N) is 2. The molecule has 0 spiro atoms. The predicted octanol–water partition coefficient (Wildman–Crippen LogP) is 4.03. The highest BCUT2D eigenvalue weighted by Gasteiger charge is 2.15. The molecule has 0 aliphatic rings. The lowest BCUT2D eigenvalue weighted by Gasteiger charge is -2.03. The summed E-state index contributed by atoms with van der Waals surface area (Å²) in [6, 6.07) is 6.55. The Morgan fingerprint density at radius 2 is 1.78 bits per heavy atom. The van der Waals surface area contributed by atoms with E-state index in [2.05, 4.69) is 9.97 Å². The van der Waals surface area contributed by atoms with Gasteiger partial charge in [0.25, 0.3) is 0 Å². The molecular weight excluding hydrogens is 400 g/mol. The largest absolute Gasteiger partial charge is 0.299 e. The molecule has 0 bridgehead atoms. The molecule has 0 aliphatic heterocycles. The molecule has 8 heteroatoms. The van der Waals surface area contributed by atoms with Gasteiger partial charge in [0, 0.05) is 11.8 Å². The van der Waals surface area contributed by atoms with Crippen molar-refractivity contribution in [3.8, 4) is 10.6 Å². The number of Topliss-reactive ketones (excluding diaryl/α,β-unsaturated/α-hetero) is 1. The van der Waals surface area contributed by atoms with E-state index in [0.29, 0.717) is 4.90 Å². The summed E-state index contributed by atoms with van der Waals surface area (Å²) < 4.78 is 23.7. The fraction of sp³-hybridized carbons (Fsp3) is 0.316. The minimum Gasteiger partial charge on any atom is -0.299 e. The van der Waals surface area contributed by atoms with Gasteiger partial charge in [-0.15, -0.1) is 22.7 Å². The van der Waals surface area contributed by atoms with Gasteiger partial charge in [-0.2, -0.15) is 0 Å². The van der Waals surface area contributed by atoms with E-state index in [9.17, 15) is 13.2 Å². The van der Waals surface area contributed by atoms with Crippen molar-refractivity contribution in [3.05, 3.63) is 50.9 Å². The van der Waals surface area contributed by atoms with Crippen LogP contribution in [0, 0.1) is 13.8 Å². The Morgan fingerprint density at radius 3 is 2.37 bits per heavy atom. The van der Waals surface area contributed by atoms with Crippen LogP contribution in [0.3, 0.4) is 0 Å². The Bertz CT molecular complexity index is 1060. The van der Waals surface area contributed by atoms with Crippen molar-refractivity contribution in [2.45, 2.75) is 38.5 Å². The molecule has 0 N–H and O–H groups in total. The standard InChI is InChI=1S/C19H20N2O3S3/c1-4-27(23,24)16-7-5-14(6-8-16)9-15(22)10-18-21-17(11-25-18)19-12(2)20-13(3)26-19/h5-8,11H,4,9-10H2,1-3H3. The number of hydrogen-bond donors (Lipinski definition) is 0. The number of thiazole rings is 2. The normalized spacial score (nSPS) is 11.7. The zero-order valence-corrected chi connectivity index (χ0v) is 17.8. The third-order valence-corrected chi connectivity index (χ3v) is 7.79. The van der Waals surface area contributed by atoms with Crippen molar-refractivity contribution in [1.82, 2.24) is 9.97 Å². The van der Waals surface area contributed by atoms with Crippen LogP contribution >= 0.6 is 22.7 Å². The van der Waals surface area contributed by atoms with Gasteiger partial charge in [-0.3, -0.25) is 4.79 Å². The smallest absolute Gasteiger partial charge is 0.178 e. The molecule has 0 saturated carbocycles. The number of ketones is 1. The topological polar surface area (TPSA) is 77.0 Å². The molecule has 3 rings (SSSR count). The van der Waals surface area contributed by atoms with Gasteiger partial charge in [0.1, 0.15) is 10.8 Å². The molecule has 2 aromatic heterocycles. The Hall–Kier alpha value is -1.90. The number of sulfone groups is 1. The van der Waals surface area contributed by atoms with Crippen LogP contribution < -0.4 is 0 Å². The van der Waals surface area contributed by atoms with Gasteiger partial charge in [0.05, 0.1) is 38.3 Å². The summed E-state index contributed by atoms with van der Waals surface area (Å²) in [5.41, 5.74) is 2.64. The third-order valence-electron chi connectivity index (χ3n) is 4.10. The molecular formula is C19H20N2O3S3. The van der Waals surface area contributed by atoms with Crippen molar-refractivity contribution < 1.29 is 13.2 Å². The van der Waals surface area contributed by atoms with E-state index in [4.69, 9.17) is 0 Å². The van der Waals surface area contributed by atoms with Crippen LogP contribution in [0.15, 0.2) is 34.5 Å². The summed E-state index contributed by atoms with van der Waals surface area (Å²) in [7, 11) is -3.21. The number of carbonyl (C=O) groups excluding carboxylic acids is 1. The zero-order valence-electron chi connectivity index (χ0n) is 15.4. The van der Waals surface area contributed by atoms with E-state index in [1.165, 1.54) is 11.3 Å². The SMILES string of the molecule is CCS(=O)(=O)c1ccc(CC(=O)Cc2nc(-c3sc(C)nc3C)cs2)cc1. The second-order valence-corrected chi connectivity index (χ2v) is 10.6. The van der Waals surface area contributed by atoms with Gasteiger partial charge in [-0.1, -0.05) is 19.1 Å². The van der Waals surface area contributed by atoms with Crippen molar-refractivity contribution in [1.29, 1.82) is 0 Å². The maximum absolute atomic E-state index is 12.4. The third kappa shape index (κ3) is 4.69. The van der Waals surface area contributed by atoms with Crippen LogP contribution in [0.4, 0.5) is 0 Å². The minimum absolute atomic E-state index is 0.0548. The van der Waals surface area contributed by atoms with Crippen LogP contribution in [0.5, 0.6) is 0 Å². The van der Waals surface area contributed by atoms with E-state index < -0.39 is 9.84 Å². The Balaban J connectivity index is 1.65. The lowest BCUT2D eigenvalue weighted by Crippen LogP contribution is -2.07. The lowest BCUT2D eigenvalue weighted by atomic mass is 10.1. The van der Waals surface area contributed by atoms with E-state index in [0.717, 1.165) is 31.8 Å². The van der Waals surface area contributed by atoms with Crippen LogP contribution in [-0.4, -0.2) is 29.9 Å². The lowest BCUT2D eigenvalue weighted by molar-refractivity contribution is -0.117. The number of rotatable bonds is 7. The number of benzene rings is 1. The maximum atomic E-state index is 12.4. The number of aromatic nitrogens is 2. The van der Waals surface area contributed by atoms with E-state index in [-0.39, 0.29) is 24.4 Å². The van der Waals surface area contributed by atoms with Crippen molar-refractivity contribution >= 4 is 38.3 Å². The first-order valence-electron chi connectivity index (χ1n) is 8.50. The van der Waals surface area contributed by atoms with Crippen molar-refractivity contribution in [2.75, 3.05) is 5.75 Å². The molecule has 142 valence electrons. The molecule has 0 aliphatic carbocycles. The average molecular weight is 421 g/mol. The highest BCUT2D eigenvalue weighted by Crippen LogP contribution is 2.30. The molecule has 3 aromatic rings. The van der Waals surface area contributed by atoms with Gasteiger partial charge < -0.3 is 0 Å². The molecule has 2 heterocycles. The quantitative estimate of drug-likeness (QED) is 0.577. The van der Waals surface area contributed by atoms with E-state index >= 15 is 0 Å². The molecule has 0 saturated heterocycles. The van der Waals surface area contributed by atoms with Crippen molar-refractivity contribution in [3.63, 3.8) is 0 Å². The number of carbonyl (C=O) groups is 1. The Labute approximate surface area is 167 Å². The molecule has 0 fully saturated rings. The monoisotopic (exact) mass is 420 g/mol. The maximum Gasteiger partial charge on any atom is 0.178 e. The molecule has 0 unspecified atom stereocenters. The van der Waals surface area contributed by atoms with E-state index in [1.807, 2.05) is 19.2 Å². The summed E-state index contributed by atoms with van der Waals surface area (Å²) in [6.07, 6.45) is 0.538. The van der Waals surface area contributed by atoms with E-state index in [1.54, 1.807) is 42.5 Å². The molecule has 5 nitrogen and oxygen atoms in total. The minimum atomic E-state index is -3.21. The highest BCUT2D eigenvalue weighted by atomic mass is 32.2. The Morgan fingerprint density at radius 1 is 1.07 bits per heavy atom. The van der Waals surface area contributed by atoms with Crippen LogP contribution in [-0.2, 0) is 27.5 Å². The first-order chi connectivity index (χ1) is 12.8. The molecule has 0 radical (unpaired) electrons. The molecule has 1 aromatic carbocycles. The van der Waals surface area contributed by atoms with Crippen LogP contribution in [0.1, 0.15) is 28.2 Å². The summed E-state index contributed by atoms with van der Waals surface area (Å²) in [5.74, 6) is 0.121. The van der Waals surface area contributed by atoms with Crippen LogP contribution in [0.25, 0.3) is 10.6 Å². The second kappa shape index (κ2) is 8.00. The number of aryl methyl sites for hydroxylation is 2. The number of hydrogen-bond acceptors (Lipinski definition) is 7. The molecule has 0 amide bonds. The summed E-state index contributed by atoms with van der Waals surface area (Å²) in [5, 5.41) is 3.75. The van der Waals surface area contributed by atoms with Crippen molar-refractivity contribution in [2.24, 2.45) is 0 Å². The molecule has 0 atom stereocenters.